The van der Waals surface area contributed by atoms with Crippen LogP contribution in [0.1, 0.15) is 32.8 Å². The maximum atomic E-state index is 12.4. The lowest BCUT2D eigenvalue weighted by atomic mass is 10.1. The summed E-state index contributed by atoms with van der Waals surface area (Å²) in [7, 11) is 0. The second kappa shape index (κ2) is 10.4. The van der Waals surface area contributed by atoms with Crippen LogP contribution in [-0.2, 0) is 16.1 Å². The van der Waals surface area contributed by atoms with E-state index in [1.807, 2.05) is 69.3 Å². The van der Waals surface area contributed by atoms with Gasteiger partial charge in [-0.15, -0.1) is 11.8 Å². The van der Waals surface area contributed by atoms with Crippen molar-refractivity contribution in [3.05, 3.63) is 59.1 Å². The number of benzene rings is 2. The number of rotatable bonds is 8. The lowest BCUT2D eigenvalue weighted by Crippen LogP contribution is -2.30. The molecule has 2 rings (SSSR count). The summed E-state index contributed by atoms with van der Waals surface area (Å²) in [5, 5.41) is 6.23. The minimum absolute atomic E-state index is 0.00319. The van der Waals surface area contributed by atoms with E-state index in [4.69, 9.17) is 11.6 Å². The van der Waals surface area contributed by atoms with Gasteiger partial charge in [0.1, 0.15) is 0 Å². The molecule has 0 aliphatic heterocycles. The molecule has 2 N–H and O–H groups in total. The standard InChI is InChI=1S/C21H25ClN2O2S/c1-4-14(2)20(25)24-17-9-7-8-16(12-17)13-23-21(26)15(3)27-19-11-6-5-10-18(19)22/h5-12,14-15H,4,13H2,1-3H3,(H,23,26)(H,24,25). The SMILES string of the molecule is CCC(C)C(=O)Nc1cccc(CNC(=O)C(C)Sc2ccccc2Cl)c1. The van der Waals surface area contributed by atoms with E-state index in [1.54, 1.807) is 0 Å². The average Bonchev–Trinajstić information content (AvgIpc) is 2.67. The number of nitrogens with one attached hydrogen (secondary N) is 2. The predicted octanol–water partition coefficient (Wildman–Crippen LogP) is 5.12. The Kier molecular flexibility index (Phi) is 8.20. The van der Waals surface area contributed by atoms with Crippen LogP contribution in [-0.4, -0.2) is 17.1 Å². The fourth-order valence-corrected chi connectivity index (χ4v) is 3.51. The quantitative estimate of drug-likeness (QED) is 0.600. The molecule has 4 nitrogen and oxygen atoms in total. The molecule has 0 heterocycles. The van der Waals surface area contributed by atoms with Crippen LogP contribution in [0.25, 0.3) is 0 Å². The lowest BCUT2D eigenvalue weighted by molar-refractivity contribution is -0.120. The van der Waals surface area contributed by atoms with Crippen molar-refractivity contribution >= 4 is 40.9 Å². The van der Waals surface area contributed by atoms with E-state index < -0.39 is 0 Å². The van der Waals surface area contributed by atoms with Crippen molar-refractivity contribution in [1.29, 1.82) is 0 Å². The highest BCUT2D eigenvalue weighted by Crippen LogP contribution is 2.30. The molecule has 6 heteroatoms. The zero-order chi connectivity index (χ0) is 19.8. The minimum atomic E-state index is -0.266. The molecule has 2 unspecified atom stereocenters. The number of hydrogen-bond acceptors (Lipinski definition) is 3. The van der Waals surface area contributed by atoms with Crippen LogP contribution in [0.5, 0.6) is 0 Å². The summed E-state index contributed by atoms with van der Waals surface area (Å²) in [5.41, 5.74) is 1.67. The number of thioether (sulfide) groups is 1. The van der Waals surface area contributed by atoms with Gasteiger partial charge in [0, 0.05) is 23.0 Å². The molecule has 2 amide bonds. The topological polar surface area (TPSA) is 58.2 Å². The minimum Gasteiger partial charge on any atom is -0.351 e. The Hall–Kier alpha value is -1.98. The number of anilines is 1. The molecule has 0 aliphatic rings. The van der Waals surface area contributed by atoms with Gasteiger partial charge >= 0.3 is 0 Å². The van der Waals surface area contributed by atoms with Gasteiger partial charge in [-0.3, -0.25) is 9.59 Å². The van der Waals surface area contributed by atoms with E-state index in [1.165, 1.54) is 11.8 Å². The van der Waals surface area contributed by atoms with Crippen molar-refractivity contribution in [2.75, 3.05) is 5.32 Å². The monoisotopic (exact) mass is 404 g/mol. The number of amides is 2. The molecule has 0 radical (unpaired) electrons. The van der Waals surface area contributed by atoms with Gasteiger partial charge in [-0.05, 0) is 43.2 Å². The largest absolute Gasteiger partial charge is 0.351 e. The summed E-state index contributed by atoms with van der Waals surface area (Å²) >= 11 is 7.58. The first-order chi connectivity index (χ1) is 12.9. The molecule has 0 aromatic heterocycles. The number of hydrogen-bond donors (Lipinski definition) is 2. The fraction of sp³-hybridized carbons (Fsp3) is 0.333. The summed E-state index contributed by atoms with van der Waals surface area (Å²) in [6.45, 7) is 6.14. The molecule has 0 bridgehead atoms. The van der Waals surface area contributed by atoms with Gasteiger partial charge in [-0.25, -0.2) is 0 Å². The number of carbonyl (C=O) groups excluding carboxylic acids is 2. The zero-order valence-corrected chi connectivity index (χ0v) is 17.4. The molecule has 2 aromatic carbocycles. The first-order valence-electron chi connectivity index (χ1n) is 8.99. The fourth-order valence-electron chi connectivity index (χ4n) is 2.33. The maximum Gasteiger partial charge on any atom is 0.233 e. The van der Waals surface area contributed by atoms with Crippen LogP contribution >= 0.6 is 23.4 Å². The Bertz CT molecular complexity index is 797. The Labute approximate surface area is 170 Å². The Morgan fingerprint density at radius 2 is 1.81 bits per heavy atom. The zero-order valence-electron chi connectivity index (χ0n) is 15.8. The molecule has 2 atom stereocenters. The summed E-state index contributed by atoms with van der Waals surface area (Å²) in [6, 6.07) is 15.0. The van der Waals surface area contributed by atoms with Gasteiger partial charge in [0.2, 0.25) is 11.8 Å². The van der Waals surface area contributed by atoms with Gasteiger partial charge in [-0.2, -0.15) is 0 Å². The van der Waals surface area contributed by atoms with Crippen LogP contribution in [0.2, 0.25) is 5.02 Å². The van der Waals surface area contributed by atoms with Gasteiger partial charge in [0.15, 0.2) is 0 Å². The number of carbonyl (C=O) groups is 2. The van der Waals surface area contributed by atoms with Crippen LogP contribution in [0.15, 0.2) is 53.4 Å². The van der Waals surface area contributed by atoms with Crippen molar-refractivity contribution in [1.82, 2.24) is 5.32 Å². The first-order valence-corrected chi connectivity index (χ1v) is 10.2. The molecule has 2 aromatic rings. The van der Waals surface area contributed by atoms with Crippen LogP contribution in [0.3, 0.4) is 0 Å². The van der Waals surface area contributed by atoms with E-state index >= 15 is 0 Å². The van der Waals surface area contributed by atoms with Gasteiger partial charge in [0.25, 0.3) is 0 Å². The maximum absolute atomic E-state index is 12.4. The van der Waals surface area contributed by atoms with Gasteiger partial charge in [0.05, 0.1) is 10.3 Å². The molecule has 0 saturated heterocycles. The smallest absolute Gasteiger partial charge is 0.233 e. The first kappa shape index (κ1) is 21.3. The Morgan fingerprint density at radius 1 is 1.07 bits per heavy atom. The summed E-state index contributed by atoms with van der Waals surface area (Å²) < 4.78 is 0. The molecular weight excluding hydrogens is 380 g/mol. The highest BCUT2D eigenvalue weighted by Gasteiger charge is 2.16. The van der Waals surface area contributed by atoms with E-state index in [9.17, 15) is 9.59 Å². The van der Waals surface area contributed by atoms with Crippen LogP contribution in [0, 0.1) is 5.92 Å². The Balaban J connectivity index is 1.90. The van der Waals surface area contributed by atoms with Crippen molar-refractivity contribution in [3.8, 4) is 0 Å². The average molecular weight is 405 g/mol. The molecule has 0 fully saturated rings. The van der Waals surface area contributed by atoms with E-state index in [0.717, 1.165) is 22.6 Å². The molecule has 0 aliphatic carbocycles. The van der Waals surface area contributed by atoms with Crippen molar-refractivity contribution in [2.45, 2.75) is 43.9 Å². The lowest BCUT2D eigenvalue weighted by Gasteiger charge is -2.14. The van der Waals surface area contributed by atoms with Crippen LogP contribution in [0.4, 0.5) is 5.69 Å². The third-order valence-electron chi connectivity index (χ3n) is 4.23. The second-order valence-corrected chi connectivity index (χ2v) is 8.20. The van der Waals surface area contributed by atoms with Crippen molar-refractivity contribution < 1.29 is 9.59 Å². The molecule has 144 valence electrons. The third-order valence-corrected chi connectivity index (χ3v) is 5.85. The highest BCUT2D eigenvalue weighted by molar-refractivity contribution is 8.00. The summed E-state index contributed by atoms with van der Waals surface area (Å²) in [6.07, 6.45) is 0.794. The Morgan fingerprint density at radius 3 is 2.52 bits per heavy atom. The predicted molar refractivity (Wildman–Crippen MR) is 113 cm³/mol. The third kappa shape index (κ3) is 6.60. The second-order valence-electron chi connectivity index (χ2n) is 6.41. The van der Waals surface area contributed by atoms with E-state index in [0.29, 0.717) is 11.6 Å². The van der Waals surface area contributed by atoms with Crippen molar-refractivity contribution in [2.24, 2.45) is 5.92 Å². The molecule has 0 spiro atoms. The highest BCUT2D eigenvalue weighted by atomic mass is 35.5. The van der Waals surface area contributed by atoms with Crippen LogP contribution < -0.4 is 10.6 Å². The number of halogens is 1. The van der Waals surface area contributed by atoms with Gasteiger partial charge in [-0.1, -0.05) is 49.7 Å². The molecule has 0 saturated carbocycles. The summed E-state index contributed by atoms with van der Waals surface area (Å²) in [5.74, 6) is -0.0894. The van der Waals surface area contributed by atoms with Crippen molar-refractivity contribution in [3.63, 3.8) is 0 Å². The normalized spacial score (nSPS) is 12.9. The summed E-state index contributed by atoms with van der Waals surface area (Å²) in [4.78, 5) is 25.3. The van der Waals surface area contributed by atoms with Gasteiger partial charge < -0.3 is 10.6 Å². The van der Waals surface area contributed by atoms with E-state index in [-0.39, 0.29) is 23.0 Å². The van der Waals surface area contributed by atoms with E-state index in [2.05, 4.69) is 10.6 Å². The molecular formula is C21H25ClN2O2S. The molecule has 27 heavy (non-hydrogen) atoms.